The molecule has 1 amide bonds. The lowest BCUT2D eigenvalue weighted by molar-refractivity contribution is -0.126. The summed E-state index contributed by atoms with van der Waals surface area (Å²) in [6, 6.07) is 6.96. The predicted octanol–water partition coefficient (Wildman–Crippen LogP) is 2.63. The van der Waals surface area contributed by atoms with Gasteiger partial charge in [0.05, 0.1) is 18.6 Å². The molecule has 0 spiro atoms. The molecule has 3 aliphatic rings. The van der Waals surface area contributed by atoms with Crippen molar-refractivity contribution in [3.05, 3.63) is 58.1 Å². The summed E-state index contributed by atoms with van der Waals surface area (Å²) in [5.74, 6) is -4.77. The van der Waals surface area contributed by atoms with Crippen LogP contribution in [0.25, 0.3) is 10.8 Å². The van der Waals surface area contributed by atoms with Crippen LogP contribution in [0.15, 0.2) is 46.9 Å². The Labute approximate surface area is 182 Å². The zero-order valence-corrected chi connectivity index (χ0v) is 17.2. The molecule has 3 atom stereocenters. The molecule has 0 saturated heterocycles. The van der Waals surface area contributed by atoms with Crippen LogP contribution in [0.3, 0.4) is 0 Å². The SMILES string of the molecule is COc1cccc2c(O)c3c(cc12)CC1CC2CC(O)=C(C(N)=O)C(=O)C2C(O)=C1C3=O. The van der Waals surface area contributed by atoms with E-state index in [2.05, 4.69) is 0 Å². The monoisotopic (exact) mass is 435 g/mol. The van der Waals surface area contributed by atoms with Gasteiger partial charge in [0, 0.05) is 22.8 Å². The molecule has 3 aliphatic carbocycles. The lowest BCUT2D eigenvalue weighted by Crippen LogP contribution is -2.43. The first-order chi connectivity index (χ1) is 15.2. The zero-order chi connectivity index (χ0) is 22.9. The third kappa shape index (κ3) is 2.58. The number of phenols is 1. The number of aromatic hydroxyl groups is 1. The van der Waals surface area contributed by atoms with Crippen molar-refractivity contribution in [1.29, 1.82) is 0 Å². The second-order valence-corrected chi connectivity index (χ2v) is 8.57. The van der Waals surface area contributed by atoms with Gasteiger partial charge in [0.1, 0.15) is 28.6 Å². The summed E-state index contributed by atoms with van der Waals surface area (Å²) < 4.78 is 5.39. The second kappa shape index (κ2) is 6.85. The fourth-order valence-corrected chi connectivity index (χ4v) is 5.58. The number of hydrogen-bond acceptors (Lipinski definition) is 7. The number of ether oxygens (including phenoxy) is 1. The van der Waals surface area contributed by atoms with Crippen molar-refractivity contribution in [1.82, 2.24) is 0 Å². The molecule has 0 aromatic heterocycles. The van der Waals surface area contributed by atoms with Crippen LogP contribution in [-0.2, 0) is 16.0 Å². The van der Waals surface area contributed by atoms with Crippen LogP contribution in [-0.4, -0.2) is 39.9 Å². The summed E-state index contributed by atoms with van der Waals surface area (Å²) in [5.41, 5.74) is 5.53. The first kappa shape index (κ1) is 20.1. The van der Waals surface area contributed by atoms with Crippen LogP contribution in [0, 0.1) is 17.8 Å². The lowest BCUT2D eigenvalue weighted by atomic mass is 9.62. The van der Waals surface area contributed by atoms with Crippen molar-refractivity contribution in [2.45, 2.75) is 19.3 Å². The molecule has 0 radical (unpaired) electrons. The average Bonchev–Trinajstić information content (AvgIpc) is 2.72. The number of amides is 1. The number of Topliss-reactive ketones (excluding diaryl/α,β-unsaturated/α-hetero) is 2. The molecule has 3 unspecified atom stereocenters. The minimum atomic E-state index is -1.12. The lowest BCUT2D eigenvalue weighted by Gasteiger charge is -2.40. The van der Waals surface area contributed by atoms with Crippen LogP contribution in [0.1, 0.15) is 28.8 Å². The number of allylic oxidation sites excluding steroid dienone is 3. The molecule has 2 aromatic rings. The molecular formula is C24H21NO7. The van der Waals surface area contributed by atoms with Gasteiger partial charge in [-0.3, -0.25) is 14.4 Å². The van der Waals surface area contributed by atoms with Gasteiger partial charge >= 0.3 is 0 Å². The predicted molar refractivity (Wildman–Crippen MR) is 113 cm³/mol. The second-order valence-electron chi connectivity index (χ2n) is 8.57. The fraction of sp³-hybridized carbons (Fsp3) is 0.292. The average molecular weight is 435 g/mol. The number of nitrogens with two attached hydrogens (primary N) is 1. The molecule has 0 fully saturated rings. The minimum Gasteiger partial charge on any atom is -0.511 e. The quantitative estimate of drug-likeness (QED) is 0.530. The topological polar surface area (TPSA) is 147 Å². The van der Waals surface area contributed by atoms with E-state index in [9.17, 15) is 29.7 Å². The van der Waals surface area contributed by atoms with Crippen molar-refractivity contribution in [2.75, 3.05) is 7.11 Å². The number of benzene rings is 2. The normalized spacial score (nSPS) is 24.8. The van der Waals surface area contributed by atoms with Crippen LogP contribution < -0.4 is 10.5 Å². The number of carbonyl (C=O) groups excluding carboxylic acids is 3. The van der Waals surface area contributed by atoms with Gasteiger partial charge in [-0.1, -0.05) is 12.1 Å². The van der Waals surface area contributed by atoms with E-state index >= 15 is 0 Å². The van der Waals surface area contributed by atoms with Gasteiger partial charge in [0.25, 0.3) is 5.91 Å². The highest BCUT2D eigenvalue weighted by Gasteiger charge is 2.50. The molecule has 2 aromatic carbocycles. The number of phenolic OH excluding ortho intramolecular Hbond substituents is 1. The summed E-state index contributed by atoms with van der Waals surface area (Å²) >= 11 is 0. The molecule has 5 rings (SSSR count). The molecule has 0 saturated carbocycles. The van der Waals surface area contributed by atoms with Crippen molar-refractivity contribution in [3.8, 4) is 11.5 Å². The Bertz CT molecular complexity index is 1300. The maximum atomic E-state index is 13.5. The highest BCUT2D eigenvalue weighted by Crippen LogP contribution is 2.50. The Morgan fingerprint density at radius 1 is 1.12 bits per heavy atom. The van der Waals surface area contributed by atoms with E-state index in [-0.39, 0.29) is 29.1 Å². The summed E-state index contributed by atoms with van der Waals surface area (Å²) in [7, 11) is 1.52. The Morgan fingerprint density at radius 3 is 2.56 bits per heavy atom. The van der Waals surface area contributed by atoms with Gasteiger partial charge in [-0.2, -0.15) is 0 Å². The van der Waals surface area contributed by atoms with E-state index in [1.54, 1.807) is 18.2 Å². The largest absolute Gasteiger partial charge is 0.511 e. The number of hydrogen-bond donors (Lipinski definition) is 4. The van der Waals surface area contributed by atoms with E-state index < -0.39 is 46.6 Å². The van der Waals surface area contributed by atoms with Crippen molar-refractivity contribution >= 4 is 28.2 Å². The first-order valence-corrected chi connectivity index (χ1v) is 10.3. The van der Waals surface area contributed by atoms with Crippen LogP contribution >= 0.6 is 0 Å². The molecule has 8 nitrogen and oxygen atoms in total. The Balaban J connectivity index is 1.68. The summed E-state index contributed by atoms with van der Waals surface area (Å²) in [5, 5.41) is 33.3. The molecule has 0 heterocycles. The summed E-state index contributed by atoms with van der Waals surface area (Å²) in [4.78, 5) is 38.0. The fourth-order valence-electron chi connectivity index (χ4n) is 5.58. The van der Waals surface area contributed by atoms with E-state index in [0.29, 0.717) is 34.9 Å². The molecule has 5 N–H and O–H groups in total. The van der Waals surface area contributed by atoms with E-state index in [1.165, 1.54) is 7.11 Å². The molecule has 8 heteroatoms. The number of ketones is 2. The Morgan fingerprint density at radius 2 is 1.88 bits per heavy atom. The highest BCUT2D eigenvalue weighted by molar-refractivity contribution is 6.22. The summed E-state index contributed by atoms with van der Waals surface area (Å²) in [6.45, 7) is 0. The van der Waals surface area contributed by atoms with E-state index in [4.69, 9.17) is 10.5 Å². The first-order valence-electron chi connectivity index (χ1n) is 10.3. The van der Waals surface area contributed by atoms with Gasteiger partial charge in [-0.25, -0.2) is 0 Å². The van der Waals surface area contributed by atoms with Gasteiger partial charge < -0.3 is 25.8 Å². The Hall–Kier alpha value is -3.81. The van der Waals surface area contributed by atoms with E-state index in [1.807, 2.05) is 6.07 Å². The van der Waals surface area contributed by atoms with Gasteiger partial charge in [-0.15, -0.1) is 0 Å². The van der Waals surface area contributed by atoms with Gasteiger partial charge in [0.15, 0.2) is 11.6 Å². The van der Waals surface area contributed by atoms with Crippen LogP contribution in [0.4, 0.5) is 0 Å². The third-order valence-corrected chi connectivity index (χ3v) is 6.91. The van der Waals surface area contributed by atoms with Crippen molar-refractivity contribution < 1.29 is 34.4 Å². The van der Waals surface area contributed by atoms with Gasteiger partial charge in [-0.05, 0) is 42.4 Å². The summed E-state index contributed by atoms with van der Waals surface area (Å²) in [6.07, 6.45) is 0.745. The van der Waals surface area contributed by atoms with Gasteiger partial charge in [0.2, 0.25) is 0 Å². The van der Waals surface area contributed by atoms with Crippen molar-refractivity contribution in [2.24, 2.45) is 23.5 Å². The van der Waals surface area contributed by atoms with Crippen LogP contribution in [0.5, 0.6) is 11.5 Å². The highest BCUT2D eigenvalue weighted by atomic mass is 16.5. The minimum absolute atomic E-state index is 0.0142. The third-order valence-electron chi connectivity index (χ3n) is 6.91. The number of methoxy groups -OCH3 is 1. The molecular weight excluding hydrogens is 414 g/mol. The molecule has 0 bridgehead atoms. The standard InChI is InChI=1S/C24H21NO7/c1-32-15-4-2-3-12-13(15)7-10-5-9-6-11-8-14(26)19(24(25)31)23(30)18(11)22(29)17(9)21(28)16(10)20(12)27/h2-4,7,9,11,18,26-27,29H,5-6,8H2,1H3,(H2,25,31). The van der Waals surface area contributed by atoms with E-state index in [0.717, 1.165) is 0 Å². The van der Waals surface area contributed by atoms with Crippen molar-refractivity contribution in [3.63, 3.8) is 0 Å². The maximum Gasteiger partial charge on any atom is 0.255 e. The molecule has 32 heavy (non-hydrogen) atoms. The number of primary amides is 1. The number of fused-ring (bicyclic) bond motifs is 4. The number of rotatable bonds is 2. The maximum absolute atomic E-state index is 13.5. The zero-order valence-electron chi connectivity index (χ0n) is 17.2. The van der Waals surface area contributed by atoms with Crippen LogP contribution in [0.2, 0.25) is 0 Å². The molecule has 164 valence electrons. The number of aliphatic hydroxyl groups excluding tert-OH is 2. The number of carbonyl (C=O) groups is 3. The Kier molecular flexibility index (Phi) is 4.30. The molecule has 0 aliphatic heterocycles. The number of aliphatic hydroxyl groups is 2. The smallest absolute Gasteiger partial charge is 0.255 e.